The SMILES string of the molecule is Cc1ccc(S(=O)(=O)n2cc(-c3cccc(C(F)(F)F)c3)c3cc(Br)cnc32)cc1. The number of hydrogen-bond donors (Lipinski definition) is 0. The van der Waals surface area contributed by atoms with Crippen molar-refractivity contribution >= 4 is 37.0 Å². The molecule has 4 rings (SSSR count). The van der Waals surface area contributed by atoms with Crippen LogP contribution in [0.2, 0.25) is 0 Å². The maximum absolute atomic E-state index is 13.2. The molecule has 0 radical (unpaired) electrons. The van der Waals surface area contributed by atoms with E-state index < -0.39 is 21.8 Å². The molecule has 4 nitrogen and oxygen atoms in total. The summed E-state index contributed by atoms with van der Waals surface area (Å²) in [7, 11) is -4.00. The van der Waals surface area contributed by atoms with Gasteiger partial charge in [0.05, 0.1) is 10.5 Å². The highest BCUT2D eigenvalue weighted by Crippen LogP contribution is 2.37. The van der Waals surface area contributed by atoms with E-state index in [-0.39, 0.29) is 16.1 Å². The standard InChI is InChI=1S/C21H14BrF3N2O2S/c1-13-5-7-17(8-6-13)30(28,29)27-12-19(18-10-16(22)11-26-20(18)27)14-3-2-4-15(9-14)21(23,24)25/h2-12H,1H3. The number of aryl methyl sites for hydroxylation is 1. The van der Waals surface area contributed by atoms with Gasteiger partial charge in [0, 0.05) is 27.8 Å². The summed E-state index contributed by atoms with van der Waals surface area (Å²) in [5, 5.41) is 0.416. The molecule has 0 aliphatic heterocycles. The van der Waals surface area contributed by atoms with Crippen LogP contribution in [0.15, 0.2) is 76.4 Å². The lowest BCUT2D eigenvalue weighted by atomic mass is 10.0. The van der Waals surface area contributed by atoms with Crippen molar-refractivity contribution in [1.82, 2.24) is 8.96 Å². The van der Waals surface area contributed by atoms with Gasteiger partial charge in [0.2, 0.25) is 0 Å². The first-order valence-corrected chi connectivity index (χ1v) is 11.0. The molecule has 0 amide bonds. The van der Waals surface area contributed by atoms with Crippen LogP contribution in [0, 0.1) is 6.92 Å². The molecule has 0 fully saturated rings. The first kappa shape index (κ1) is 20.6. The average Bonchev–Trinajstić information content (AvgIpc) is 3.07. The summed E-state index contributed by atoms with van der Waals surface area (Å²) in [6.45, 7) is 1.84. The van der Waals surface area contributed by atoms with E-state index in [1.165, 1.54) is 36.7 Å². The number of benzene rings is 2. The Morgan fingerprint density at radius 3 is 2.40 bits per heavy atom. The van der Waals surface area contributed by atoms with Crippen LogP contribution < -0.4 is 0 Å². The molecule has 4 aromatic rings. The molecule has 0 saturated carbocycles. The van der Waals surface area contributed by atoms with E-state index in [0.717, 1.165) is 21.7 Å². The second kappa shape index (κ2) is 7.24. The predicted molar refractivity (Wildman–Crippen MR) is 112 cm³/mol. The molecule has 0 spiro atoms. The number of fused-ring (bicyclic) bond motifs is 1. The predicted octanol–water partition coefficient (Wildman–Crippen LogP) is 6.03. The highest BCUT2D eigenvalue weighted by atomic mass is 79.9. The summed E-state index contributed by atoms with van der Waals surface area (Å²) in [5.74, 6) is 0. The van der Waals surface area contributed by atoms with Crippen molar-refractivity contribution in [2.45, 2.75) is 18.0 Å². The van der Waals surface area contributed by atoms with E-state index in [4.69, 9.17) is 0 Å². The first-order valence-electron chi connectivity index (χ1n) is 8.74. The molecule has 0 N–H and O–H groups in total. The maximum atomic E-state index is 13.2. The van der Waals surface area contributed by atoms with Gasteiger partial charge in [-0.1, -0.05) is 29.8 Å². The molecule has 0 aliphatic carbocycles. The van der Waals surface area contributed by atoms with E-state index >= 15 is 0 Å². The molecule has 2 heterocycles. The lowest BCUT2D eigenvalue weighted by Crippen LogP contribution is -2.12. The van der Waals surface area contributed by atoms with Crippen molar-refractivity contribution in [2.24, 2.45) is 0 Å². The fourth-order valence-corrected chi connectivity index (χ4v) is 4.81. The lowest BCUT2D eigenvalue weighted by Gasteiger charge is -2.08. The molecule has 30 heavy (non-hydrogen) atoms. The fraction of sp³-hybridized carbons (Fsp3) is 0.0952. The van der Waals surface area contributed by atoms with Gasteiger partial charge < -0.3 is 0 Å². The highest BCUT2D eigenvalue weighted by Gasteiger charge is 2.31. The van der Waals surface area contributed by atoms with Crippen LogP contribution in [0.4, 0.5) is 13.2 Å². The Balaban J connectivity index is 1.98. The van der Waals surface area contributed by atoms with Gasteiger partial charge in [0.25, 0.3) is 10.0 Å². The van der Waals surface area contributed by atoms with Gasteiger partial charge in [-0.3, -0.25) is 0 Å². The van der Waals surface area contributed by atoms with Crippen LogP contribution in [0.1, 0.15) is 11.1 Å². The minimum atomic E-state index is -4.51. The normalized spacial score (nSPS) is 12.4. The van der Waals surface area contributed by atoms with Crippen LogP contribution in [0.5, 0.6) is 0 Å². The van der Waals surface area contributed by atoms with Crippen LogP contribution in [-0.2, 0) is 16.2 Å². The molecule has 0 bridgehead atoms. The largest absolute Gasteiger partial charge is 0.416 e. The lowest BCUT2D eigenvalue weighted by molar-refractivity contribution is -0.137. The Labute approximate surface area is 179 Å². The molecule has 9 heteroatoms. The third kappa shape index (κ3) is 3.63. The second-order valence-electron chi connectivity index (χ2n) is 6.76. The fourth-order valence-electron chi connectivity index (χ4n) is 3.15. The Morgan fingerprint density at radius 1 is 1.03 bits per heavy atom. The number of nitrogens with zero attached hydrogens (tertiary/aromatic N) is 2. The summed E-state index contributed by atoms with van der Waals surface area (Å²) < 4.78 is 67.6. The maximum Gasteiger partial charge on any atom is 0.416 e. The summed E-state index contributed by atoms with van der Waals surface area (Å²) in [6.07, 6.45) is -1.75. The second-order valence-corrected chi connectivity index (χ2v) is 9.49. The minimum absolute atomic E-state index is 0.0605. The van der Waals surface area contributed by atoms with Crippen LogP contribution in [0.25, 0.3) is 22.2 Å². The van der Waals surface area contributed by atoms with Gasteiger partial charge in [-0.05, 0) is 58.7 Å². The molecule has 2 aromatic heterocycles. The summed E-state index contributed by atoms with van der Waals surface area (Å²) in [4.78, 5) is 4.28. The zero-order chi connectivity index (χ0) is 21.7. The van der Waals surface area contributed by atoms with E-state index in [9.17, 15) is 21.6 Å². The van der Waals surface area contributed by atoms with Crippen molar-refractivity contribution in [2.75, 3.05) is 0 Å². The van der Waals surface area contributed by atoms with Crippen molar-refractivity contribution in [3.05, 3.63) is 82.6 Å². The number of pyridine rings is 1. The topological polar surface area (TPSA) is 52.0 Å². The Kier molecular flexibility index (Phi) is 4.98. The molecule has 0 aliphatic rings. The third-order valence-electron chi connectivity index (χ3n) is 4.66. The first-order chi connectivity index (χ1) is 14.1. The van der Waals surface area contributed by atoms with Crippen molar-refractivity contribution in [3.8, 4) is 11.1 Å². The minimum Gasteiger partial charge on any atom is -0.236 e. The highest BCUT2D eigenvalue weighted by molar-refractivity contribution is 9.10. The van der Waals surface area contributed by atoms with E-state index in [0.29, 0.717) is 15.4 Å². The summed E-state index contributed by atoms with van der Waals surface area (Å²) >= 11 is 3.30. The van der Waals surface area contributed by atoms with Gasteiger partial charge in [0.15, 0.2) is 5.65 Å². The van der Waals surface area contributed by atoms with Crippen LogP contribution in [-0.4, -0.2) is 17.4 Å². The van der Waals surface area contributed by atoms with Gasteiger partial charge >= 0.3 is 6.18 Å². The monoisotopic (exact) mass is 494 g/mol. The van der Waals surface area contributed by atoms with Gasteiger partial charge in [-0.2, -0.15) is 13.2 Å². The zero-order valence-electron chi connectivity index (χ0n) is 15.5. The third-order valence-corrected chi connectivity index (χ3v) is 6.76. The quantitative estimate of drug-likeness (QED) is 0.349. The van der Waals surface area contributed by atoms with Crippen LogP contribution >= 0.6 is 15.9 Å². The number of alkyl halides is 3. The van der Waals surface area contributed by atoms with E-state index in [2.05, 4.69) is 20.9 Å². The van der Waals surface area contributed by atoms with Gasteiger partial charge in [-0.25, -0.2) is 17.4 Å². The molecule has 0 atom stereocenters. The molecule has 0 saturated heterocycles. The number of halogens is 4. The number of aromatic nitrogens is 2. The molecule has 2 aromatic carbocycles. The van der Waals surface area contributed by atoms with Crippen molar-refractivity contribution in [1.29, 1.82) is 0 Å². The molecule has 154 valence electrons. The molecular formula is C21H14BrF3N2O2S. The Hall–Kier alpha value is -2.65. The Morgan fingerprint density at radius 2 is 1.73 bits per heavy atom. The van der Waals surface area contributed by atoms with Crippen molar-refractivity contribution in [3.63, 3.8) is 0 Å². The van der Waals surface area contributed by atoms with Crippen molar-refractivity contribution < 1.29 is 21.6 Å². The van der Waals surface area contributed by atoms with Crippen LogP contribution in [0.3, 0.4) is 0 Å². The smallest absolute Gasteiger partial charge is 0.236 e. The summed E-state index contributed by atoms with van der Waals surface area (Å²) in [5.41, 5.74) is 0.794. The molecule has 0 unspecified atom stereocenters. The molecular weight excluding hydrogens is 481 g/mol. The summed E-state index contributed by atoms with van der Waals surface area (Å²) in [6, 6.07) is 12.7. The van der Waals surface area contributed by atoms with E-state index in [1.54, 1.807) is 18.2 Å². The van der Waals surface area contributed by atoms with E-state index in [1.807, 2.05) is 6.92 Å². The number of hydrogen-bond acceptors (Lipinski definition) is 3. The zero-order valence-corrected chi connectivity index (χ0v) is 17.9. The van der Waals surface area contributed by atoms with Gasteiger partial charge in [-0.15, -0.1) is 0 Å². The number of rotatable bonds is 3. The Bertz CT molecular complexity index is 1360. The van der Waals surface area contributed by atoms with Gasteiger partial charge in [0.1, 0.15) is 0 Å². The average molecular weight is 495 g/mol.